The lowest BCUT2D eigenvalue weighted by Gasteiger charge is -2.65. The standard InChI is InChI=1S/C23H32N2O3/c1-14-7-8-23(28)18-11-16-5-6-17(21(24)27)20(26)19(16)22(23,12-14)9-10-25(18)13-15-3-2-4-15/h5-6,14-15,18,26,28H,2-4,7-13H2,1H3,(H2,24,27)/t14-,18+,22+,23+/m0/s1. The van der Waals surface area contributed by atoms with Crippen LogP contribution < -0.4 is 5.73 Å². The van der Waals surface area contributed by atoms with Crippen molar-refractivity contribution in [2.24, 2.45) is 17.6 Å². The highest BCUT2D eigenvalue weighted by Crippen LogP contribution is 2.61. The van der Waals surface area contributed by atoms with Gasteiger partial charge in [-0.15, -0.1) is 0 Å². The van der Waals surface area contributed by atoms with Crippen molar-refractivity contribution in [3.63, 3.8) is 0 Å². The zero-order valence-electron chi connectivity index (χ0n) is 16.8. The fourth-order valence-corrected chi connectivity index (χ4v) is 6.89. The second-order valence-electron chi connectivity index (χ2n) is 9.98. The Labute approximate surface area is 166 Å². The van der Waals surface area contributed by atoms with E-state index in [0.29, 0.717) is 5.92 Å². The van der Waals surface area contributed by atoms with Crippen LogP contribution in [0.15, 0.2) is 12.1 Å². The van der Waals surface area contributed by atoms with E-state index in [-0.39, 0.29) is 17.4 Å². The predicted molar refractivity (Wildman–Crippen MR) is 107 cm³/mol. The summed E-state index contributed by atoms with van der Waals surface area (Å²) >= 11 is 0. The number of primary amides is 1. The minimum absolute atomic E-state index is 0.0171. The van der Waals surface area contributed by atoms with Crippen LogP contribution in [0.5, 0.6) is 5.75 Å². The van der Waals surface area contributed by atoms with Crippen molar-refractivity contribution in [3.8, 4) is 5.75 Å². The average Bonchev–Trinajstić information content (AvgIpc) is 2.59. The Hall–Kier alpha value is -1.59. The van der Waals surface area contributed by atoms with E-state index in [1.165, 1.54) is 19.3 Å². The maximum absolute atomic E-state index is 12.2. The summed E-state index contributed by atoms with van der Waals surface area (Å²) in [5, 5.41) is 23.3. The Kier molecular flexibility index (Phi) is 4.08. The van der Waals surface area contributed by atoms with E-state index in [9.17, 15) is 15.0 Å². The summed E-state index contributed by atoms with van der Waals surface area (Å²) in [6.45, 7) is 4.28. The van der Waals surface area contributed by atoms with Crippen molar-refractivity contribution in [2.45, 2.75) is 75.3 Å². The predicted octanol–water partition coefficient (Wildman–Crippen LogP) is 2.71. The van der Waals surface area contributed by atoms with E-state index in [1.807, 2.05) is 6.07 Å². The van der Waals surface area contributed by atoms with Crippen molar-refractivity contribution in [1.29, 1.82) is 0 Å². The molecule has 152 valence electrons. The zero-order chi connectivity index (χ0) is 19.7. The van der Waals surface area contributed by atoms with Crippen LogP contribution in [0.3, 0.4) is 0 Å². The molecule has 4 atom stereocenters. The minimum atomic E-state index is -0.845. The van der Waals surface area contributed by atoms with Crippen molar-refractivity contribution in [2.75, 3.05) is 13.1 Å². The average molecular weight is 385 g/mol. The first-order chi connectivity index (χ1) is 13.4. The third kappa shape index (κ3) is 2.35. The van der Waals surface area contributed by atoms with Crippen LogP contribution in [0, 0.1) is 11.8 Å². The number of aliphatic hydroxyl groups is 1. The summed E-state index contributed by atoms with van der Waals surface area (Å²) in [7, 11) is 0. The Bertz CT molecular complexity index is 820. The maximum Gasteiger partial charge on any atom is 0.252 e. The molecule has 5 heteroatoms. The second kappa shape index (κ2) is 6.20. The molecule has 0 spiro atoms. The quantitative estimate of drug-likeness (QED) is 0.748. The van der Waals surface area contributed by atoms with Crippen molar-refractivity contribution in [1.82, 2.24) is 4.90 Å². The SMILES string of the molecule is C[C@H]1CC[C@@]2(O)[C@H]3Cc4ccc(C(N)=O)c(O)c4[C@@]2(CCN3CC2CCC2)C1. The first-order valence-corrected chi connectivity index (χ1v) is 11.0. The van der Waals surface area contributed by atoms with E-state index in [4.69, 9.17) is 5.73 Å². The van der Waals surface area contributed by atoms with Gasteiger partial charge in [-0.1, -0.05) is 19.4 Å². The molecule has 3 aliphatic carbocycles. The van der Waals surface area contributed by atoms with E-state index in [0.717, 1.165) is 62.2 Å². The number of carbonyl (C=O) groups excluding carboxylic acids is 1. The number of nitrogens with zero attached hydrogens (tertiary/aromatic N) is 1. The highest BCUT2D eigenvalue weighted by molar-refractivity contribution is 5.96. The van der Waals surface area contributed by atoms with Crippen LogP contribution in [0.1, 0.15) is 73.4 Å². The zero-order valence-corrected chi connectivity index (χ0v) is 16.8. The molecular weight excluding hydrogens is 352 g/mol. The minimum Gasteiger partial charge on any atom is -0.507 e. The molecule has 5 nitrogen and oxygen atoms in total. The van der Waals surface area contributed by atoms with Gasteiger partial charge in [0.25, 0.3) is 5.91 Å². The summed E-state index contributed by atoms with van der Waals surface area (Å²) in [4.78, 5) is 14.4. The van der Waals surface area contributed by atoms with E-state index >= 15 is 0 Å². The monoisotopic (exact) mass is 384 g/mol. The summed E-state index contributed by atoms with van der Waals surface area (Å²) in [6, 6.07) is 3.73. The van der Waals surface area contributed by atoms with Gasteiger partial charge >= 0.3 is 0 Å². The molecule has 0 radical (unpaired) electrons. The van der Waals surface area contributed by atoms with Gasteiger partial charge in [0.2, 0.25) is 0 Å². The van der Waals surface area contributed by atoms with Crippen LogP contribution in [0.4, 0.5) is 0 Å². The largest absolute Gasteiger partial charge is 0.507 e. The highest BCUT2D eigenvalue weighted by Gasteiger charge is 2.65. The van der Waals surface area contributed by atoms with E-state index < -0.39 is 16.9 Å². The number of nitrogens with two attached hydrogens (primary N) is 1. The molecule has 4 N–H and O–H groups in total. The lowest BCUT2D eigenvalue weighted by Crippen LogP contribution is -2.73. The Balaban J connectivity index is 1.65. The number of phenols is 1. The lowest BCUT2D eigenvalue weighted by molar-refractivity contribution is -0.176. The number of hydrogen-bond donors (Lipinski definition) is 3. The van der Waals surface area contributed by atoms with Crippen LogP contribution >= 0.6 is 0 Å². The van der Waals surface area contributed by atoms with Crippen molar-refractivity contribution in [3.05, 3.63) is 28.8 Å². The summed E-state index contributed by atoms with van der Waals surface area (Å²) in [5.41, 5.74) is 6.30. The maximum atomic E-state index is 12.2. The van der Waals surface area contributed by atoms with Gasteiger partial charge in [0.15, 0.2) is 0 Å². The van der Waals surface area contributed by atoms with Crippen LogP contribution in [0.25, 0.3) is 0 Å². The van der Waals surface area contributed by atoms with Crippen LogP contribution in [0.2, 0.25) is 0 Å². The lowest BCUT2D eigenvalue weighted by atomic mass is 9.48. The van der Waals surface area contributed by atoms with E-state index in [2.05, 4.69) is 11.8 Å². The third-order valence-corrected chi connectivity index (χ3v) is 8.50. The van der Waals surface area contributed by atoms with E-state index in [1.54, 1.807) is 6.07 Å². The molecule has 4 aliphatic rings. The van der Waals surface area contributed by atoms with Gasteiger partial charge < -0.3 is 15.9 Å². The number of likely N-dealkylation sites (tertiary alicyclic amines) is 1. The molecular formula is C23H32N2O3. The Morgan fingerprint density at radius 2 is 2.07 bits per heavy atom. The Morgan fingerprint density at radius 1 is 1.29 bits per heavy atom. The van der Waals surface area contributed by atoms with Gasteiger partial charge in [-0.25, -0.2) is 0 Å². The molecule has 0 aromatic heterocycles. The van der Waals surface area contributed by atoms with Crippen molar-refractivity contribution >= 4 is 5.91 Å². The summed E-state index contributed by atoms with van der Waals surface area (Å²) in [6.07, 6.45) is 8.16. The number of aromatic hydroxyl groups is 1. The fourth-order valence-electron chi connectivity index (χ4n) is 6.89. The normalized spacial score (nSPS) is 37.6. The van der Waals surface area contributed by atoms with Crippen molar-refractivity contribution < 1.29 is 15.0 Å². The number of piperidine rings is 1. The molecule has 28 heavy (non-hydrogen) atoms. The molecule has 3 fully saturated rings. The number of rotatable bonds is 3. The molecule has 1 aliphatic heterocycles. The number of benzene rings is 1. The molecule has 2 saturated carbocycles. The highest BCUT2D eigenvalue weighted by atomic mass is 16.3. The number of fused-ring (bicyclic) bond motifs is 1. The topological polar surface area (TPSA) is 86.8 Å². The molecule has 1 aromatic carbocycles. The summed E-state index contributed by atoms with van der Waals surface area (Å²) < 4.78 is 0. The van der Waals surface area contributed by atoms with Gasteiger partial charge in [0.05, 0.1) is 11.2 Å². The van der Waals surface area contributed by atoms with Gasteiger partial charge in [0.1, 0.15) is 5.75 Å². The smallest absolute Gasteiger partial charge is 0.252 e. The third-order valence-electron chi connectivity index (χ3n) is 8.50. The second-order valence-corrected chi connectivity index (χ2v) is 9.98. The number of hydrogen-bond acceptors (Lipinski definition) is 4. The molecule has 1 saturated heterocycles. The number of carbonyl (C=O) groups is 1. The number of amides is 1. The van der Waals surface area contributed by atoms with Crippen LogP contribution in [-0.2, 0) is 11.8 Å². The van der Waals surface area contributed by atoms with Gasteiger partial charge in [0, 0.05) is 23.6 Å². The molecule has 0 unspecified atom stereocenters. The van der Waals surface area contributed by atoms with Gasteiger partial charge in [-0.05, 0) is 75.0 Å². The molecule has 1 amide bonds. The van der Waals surface area contributed by atoms with Gasteiger partial charge in [-0.3, -0.25) is 9.69 Å². The molecule has 5 rings (SSSR count). The Morgan fingerprint density at radius 3 is 2.75 bits per heavy atom. The van der Waals surface area contributed by atoms with Crippen LogP contribution in [-0.4, -0.2) is 45.8 Å². The molecule has 1 heterocycles. The first-order valence-electron chi connectivity index (χ1n) is 11.0. The van der Waals surface area contributed by atoms with Gasteiger partial charge in [-0.2, -0.15) is 0 Å². The molecule has 2 bridgehead atoms. The fraction of sp³-hybridized carbons (Fsp3) is 0.696. The molecule has 1 aromatic rings. The first kappa shape index (κ1) is 18.4. The summed E-state index contributed by atoms with van der Waals surface area (Å²) in [5.74, 6) is 0.671.